The highest BCUT2D eigenvalue weighted by atomic mass is 35.5. The zero-order valence-electron chi connectivity index (χ0n) is 12.4. The number of hydrogen-bond donors (Lipinski definition) is 2. The zero-order valence-corrected chi connectivity index (χ0v) is 13.2. The van der Waals surface area contributed by atoms with E-state index in [0.29, 0.717) is 11.1 Å². The number of benzene rings is 1. The zero-order chi connectivity index (χ0) is 17.6. The number of carboxylic acids is 1. The first kappa shape index (κ1) is 17.9. The summed E-state index contributed by atoms with van der Waals surface area (Å²) in [7, 11) is 0. The highest BCUT2D eigenvalue weighted by Crippen LogP contribution is 2.42. The van der Waals surface area contributed by atoms with Gasteiger partial charge >= 0.3 is 12.1 Å². The molecule has 1 aliphatic rings. The van der Waals surface area contributed by atoms with Crippen LogP contribution in [-0.4, -0.2) is 35.1 Å². The molecule has 128 valence electrons. The van der Waals surface area contributed by atoms with Gasteiger partial charge in [0.25, 0.3) is 0 Å². The topological polar surface area (TPSA) is 66.8 Å². The van der Waals surface area contributed by atoms with Crippen molar-refractivity contribution in [3.05, 3.63) is 28.3 Å². The van der Waals surface area contributed by atoms with Crippen LogP contribution in [0.4, 0.5) is 13.2 Å². The van der Waals surface area contributed by atoms with E-state index in [1.807, 2.05) is 0 Å². The molecular formula is C15H16ClF3O4. The van der Waals surface area contributed by atoms with E-state index in [1.165, 1.54) is 12.1 Å². The first-order chi connectivity index (χ1) is 10.5. The first-order valence-corrected chi connectivity index (χ1v) is 7.25. The number of carboxylic acid groups (broad SMARTS) is 1. The second-order valence-corrected chi connectivity index (χ2v) is 6.62. The average Bonchev–Trinajstić information content (AvgIpc) is 2.43. The van der Waals surface area contributed by atoms with E-state index in [4.69, 9.17) is 21.4 Å². The molecule has 0 aromatic heterocycles. The maximum absolute atomic E-state index is 13.1. The minimum Gasteiger partial charge on any atom is -0.481 e. The van der Waals surface area contributed by atoms with Gasteiger partial charge in [-0.05, 0) is 29.7 Å². The summed E-state index contributed by atoms with van der Waals surface area (Å²) in [6.45, 7) is 3.11. The summed E-state index contributed by atoms with van der Waals surface area (Å²) >= 11 is 6.14. The third kappa shape index (κ3) is 3.40. The van der Waals surface area contributed by atoms with Crippen LogP contribution >= 0.6 is 11.6 Å². The number of ether oxygens (including phenoxy) is 1. The smallest absolute Gasteiger partial charge is 0.426 e. The SMILES string of the molecule is CC(C)(CO)c1cc2c(cc1Cl)CC(C(=O)O)C(C(F)(F)F)O2. The summed E-state index contributed by atoms with van der Waals surface area (Å²) in [4.78, 5) is 11.1. The van der Waals surface area contributed by atoms with Crippen LogP contribution in [-0.2, 0) is 16.6 Å². The predicted molar refractivity (Wildman–Crippen MR) is 76.9 cm³/mol. The van der Waals surface area contributed by atoms with Crippen LogP contribution in [0, 0.1) is 5.92 Å². The number of carbonyl (C=O) groups is 1. The van der Waals surface area contributed by atoms with Crippen molar-refractivity contribution < 1.29 is 32.9 Å². The van der Waals surface area contributed by atoms with Gasteiger partial charge in [-0.1, -0.05) is 25.4 Å². The van der Waals surface area contributed by atoms with E-state index in [-0.39, 0.29) is 23.8 Å². The fourth-order valence-corrected chi connectivity index (χ4v) is 2.98. The summed E-state index contributed by atoms with van der Waals surface area (Å²) in [6.07, 6.45) is -7.54. The molecule has 2 rings (SSSR count). The van der Waals surface area contributed by atoms with Crippen molar-refractivity contribution in [1.29, 1.82) is 0 Å². The van der Waals surface area contributed by atoms with Gasteiger partial charge in [-0.3, -0.25) is 4.79 Å². The number of alkyl halides is 3. The Hall–Kier alpha value is -1.47. The van der Waals surface area contributed by atoms with E-state index in [0.717, 1.165) is 0 Å². The summed E-state index contributed by atoms with van der Waals surface area (Å²) in [5.74, 6) is -3.35. The molecule has 0 aliphatic carbocycles. The lowest BCUT2D eigenvalue weighted by molar-refractivity contribution is -0.217. The van der Waals surface area contributed by atoms with Crippen LogP contribution in [0.25, 0.3) is 0 Å². The molecule has 0 radical (unpaired) electrons. The summed E-state index contributed by atoms with van der Waals surface area (Å²) in [6, 6.07) is 2.76. The fraction of sp³-hybridized carbons (Fsp3) is 0.533. The largest absolute Gasteiger partial charge is 0.481 e. The van der Waals surface area contributed by atoms with Gasteiger partial charge in [-0.25, -0.2) is 0 Å². The third-order valence-corrected chi connectivity index (χ3v) is 4.29. The summed E-state index contributed by atoms with van der Waals surface area (Å²) < 4.78 is 44.2. The number of fused-ring (bicyclic) bond motifs is 1. The molecule has 0 fully saturated rings. The maximum Gasteiger partial charge on any atom is 0.426 e. The molecule has 2 unspecified atom stereocenters. The molecule has 1 heterocycles. The molecule has 2 N–H and O–H groups in total. The number of aliphatic hydroxyl groups is 1. The fourth-order valence-electron chi connectivity index (χ4n) is 2.54. The molecule has 8 heteroatoms. The van der Waals surface area contributed by atoms with Crippen molar-refractivity contribution in [1.82, 2.24) is 0 Å². The van der Waals surface area contributed by atoms with Crippen LogP contribution in [0.2, 0.25) is 5.02 Å². The van der Waals surface area contributed by atoms with Crippen molar-refractivity contribution in [2.75, 3.05) is 6.61 Å². The molecule has 4 nitrogen and oxygen atoms in total. The number of hydrogen-bond acceptors (Lipinski definition) is 3. The lowest BCUT2D eigenvalue weighted by atomic mass is 9.83. The number of rotatable bonds is 3. The van der Waals surface area contributed by atoms with Crippen molar-refractivity contribution >= 4 is 17.6 Å². The van der Waals surface area contributed by atoms with Gasteiger partial charge < -0.3 is 14.9 Å². The van der Waals surface area contributed by atoms with Crippen LogP contribution in [0.1, 0.15) is 25.0 Å². The predicted octanol–water partition coefficient (Wildman–Crippen LogP) is 3.18. The molecule has 1 aliphatic heterocycles. The third-order valence-electron chi connectivity index (χ3n) is 3.97. The lowest BCUT2D eigenvalue weighted by Gasteiger charge is -2.34. The summed E-state index contributed by atoms with van der Waals surface area (Å²) in [5.41, 5.74) is -0.0251. The van der Waals surface area contributed by atoms with Crippen LogP contribution < -0.4 is 4.74 Å². The van der Waals surface area contributed by atoms with E-state index < -0.39 is 29.6 Å². The van der Waals surface area contributed by atoms with Gasteiger partial charge in [-0.15, -0.1) is 0 Å². The Bertz CT molecular complexity index is 628. The molecule has 1 aromatic rings. The average molecular weight is 353 g/mol. The lowest BCUT2D eigenvalue weighted by Crippen LogP contribution is -2.47. The molecule has 1 aromatic carbocycles. The Morgan fingerprint density at radius 1 is 1.39 bits per heavy atom. The van der Waals surface area contributed by atoms with Crippen LogP contribution in [0.5, 0.6) is 5.75 Å². The minimum absolute atomic E-state index is 0.0502. The Labute approximate surface area is 135 Å². The minimum atomic E-state index is -4.80. The van der Waals surface area contributed by atoms with E-state index in [1.54, 1.807) is 13.8 Å². The first-order valence-electron chi connectivity index (χ1n) is 6.87. The van der Waals surface area contributed by atoms with E-state index >= 15 is 0 Å². The second kappa shape index (κ2) is 5.87. The normalized spacial score (nSPS) is 21.5. The number of aliphatic hydroxyl groups excluding tert-OH is 1. The van der Waals surface area contributed by atoms with Gasteiger partial charge in [0.15, 0.2) is 0 Å². The monoisotopic (exact) mass is 352 g/mol. The Balaban J connectivity index is 2.51. The Morgan fingerprint density at radius 2 is 2.00 bits per heavy atom. The van der Waals surface area contributed by atoms with Gasteiger partial charge in [-0.2, -0.15) is 13.2 Å². The summed E-state index contributed by atoms with van der Waals surface area (Å²) in [5, 5.41) is 18.7. The van der Waals surface area contributed by atoms with Crippen LogP contribution in [0.15, 0.2) is 12.1 Å². The van der Waals surface area contributed by atoms with E-state index in [9.17, 15) is 23.1 Å². The van der Waals surface area contributed by atoms with Gasteiger partial charge in [0, 0.05) is 10.4 Å². The Morgan fingerprint density at radius 3 is 2.48 bits per heavy atom. The molecular weight excluding hydrogens is 337 g/mol. The van der Waals surface area contributed by atoms with Crippen molar-refractivity contribution in [3.63, 3.8) is 0 Å². The van der Waals surface area contributed by atoms with Crippen LogP contribution in [0.3, 0.4) is 0 Å². The molecule has 0 bridgehead atoms. The molecule has 2 atom stereocenters. The molecule has 0 spiro atoms. The molecule has 23 heavy (non-hydrogen) atoms. The van der Waals surface area contributed by atoms with Gasteiger partial charge in [0.2, 0.25) is 6.10 Å². The molecule has 0 saturated heterocycles. The van der Waals surface area contributed by atoms with Gasteiger partial charge in [0.05, 0.1) is 6.61 Å². The van der Waals surface area contributed by atoms with E-state index in [2.05, 4.69) is 0 Å². The molecule has 0 amide bonds. The van der Waals surface area contributed by atoms with Crippen molar-refractivity contribution in [3.8, 4) is 5.75 Å². The standard InChI is InChI=1S/C15H16ClF3O4/c1-14(2,6-20)9-5-11-7(4-10(9)16)3-8(13(21)22)12(23-11)15(17,18)19/h4-5,8,12,20H,3,6H2,1-2H3,(H,21,22). The highest BCUT2D eigenvalue weighted by Gasteiger charge is 2.52. The number of aliphatic carboxylic acids is 1. The van der Waals surface area contributed by atoms with Crippen molar-refractivity contribution in [2.24, 2.45) is 5.92 Å². The Kier molecular flexibility index (Phi) is 4.56. The highest BCUT2D eigenvalue weighted by molar-refractivity contribution is 6.31. The van der Waals surface area contributed by atoms with Crippen molar-refractivity contribution in [2.45, 2.75) is 38.0 Å². The van der Waals surface area contributed by atoms with Gasteiger partial charge in [0.1, 0.15) is 11.7 Å². The quantitative estimate of drug-likeness (QED) is 0.877. The molecule has 0 saturated carbocycles. The number of halogens is 4. The maximum atomic E-state index is 13.1. The second-order valence-electron chi connectivity index (χ2n) is 6.21.